The summed E-state index contributed by atoms with van der Waals surface area (Å²) < 4.78 is 0. The Morgan fingerprint density at radius 1 is 1.17 bits per heavy atom. The highest BCUT2D eigenvalue weighted by atomic mass is 15.0. The molecule has 2 N–H and O–H groups in total. The van der Waals surface area contributed by atoms with E-state index in [1.165, 1.54) is 25.7 Å². The summed E-state index contributed by atoms with van der Waals surface area (Å²) in [6.45, 7) is 15.2. The largest absolute Gasteiger partial charge is 0.315 e. The molecule has 0 amide bonds. The first kappa shape index (κ1) is 16.0. The van der Waals surface area contributed by atoms with Gasteiger partial charge in [-0.25, -0.2) is 0 Å². The molecule has 1 fully saturated rings. The normalized spacial score (nSPS) is 31.3. The van der Waals surface area contributed by atoms with Crippen molar-refractivity contribution in [3.8, 4) is 0 Å². The topological polar surface area (TPSA) is 24.1 Å². The van der Waals surface area contributed by atoms with Gasteiger partial charge >= 0.3 is 0 Å². The van der Waals surface area contributed by atoms with Gasteiger partial charge in [0.05, 0.1) is 0 Å². The molecule has 0 bridgehead atoms. The quantitative estimate of drug-likeness (QED) is 0.710. The highest BCUT2D eigenvalue weighted by Crippen LogP contribution is 2.31. The van der Waals surface area contributed by atoms with Crippen molar-refractivity contribution in [2.75, 3.05) is 19.6 Å². The van der Waals surface area contributed by atoms with Crippen LogP contribution in [0.15, 0.2) is 0 Å². The molecule has 2 nitrogen and oxygen atoms in total. The SMILES string of the molecule is CCCCCC(C)C1(C)CNCC(C(C)C)NC1. The molecule has 0 spiro atoms. The second-order valence-corrected chi connectivity index (χ2v) is 6.91. The van der Waals surface area contributed by atoms with Gasteiger partial charge in [-0.15, -0.1) is 0 Å². The summed E-state index contributed by atoms with van der Waals surface area (Å²) in [6.07, 6.45) is 5.48. The minimum absolute atomic E-state index is 0.414. The molecular weight excluding hydrogens is 220 g/mol. The van der Waals surface area contributed by atoms with Gasteiger partial charge in [0.2, 0.25) is 0 Å². The molecule has 0 aromatic carbocycles. The zero-order chi connectivity index (χ0) is 13.6. The molecule has 0 aromatic heterocycles. The fourth-order valence-electron chi connectivity index (χ4n) is 2.88. The van der Waals surface area contributed by atoms with Crippen LogP contribution in [0.2, 0.25) is 0 Å². The first-order valence-electron chi connectivity index (χ1n) is 7.93. The number of unbranched alkanes of at least 4 members (excludes halogenated alkanes) is 2. The van der Waals surface area contributed by atoms with Crippen molar-refractivity contribution in [2.24, 2.45) is 17.3 Å². The van der Waals surface area contributed by atoms with Crippen LogP contribution in [-0.2, 0) is 0 Å². The van der Waals surface area contributed by atoms with Crippen LogP contribution >= 0.6 is 0 Å². The summed E-state index contributed by atoms with van der Waals surface area (Å²) in [7, 11) is 0. The molecular formula is C16H34N2. The number of rotatable bonds is 6. The molecule has 0 aromatic rings. The number of hydrogen-bond donors (Lipinski definition) is 2. The Hall–Kier alpha value is -0.0800. The second kappa shape index (κ2) is 7.49. The van der Waals surface area contributed by atoms with Gasteiger partial charge in [-0.2, -0.15) is 0 Å². The minimum atomic E-state index is 0.414. The Balaban J connectivity index is 2.47. The first-order valence-corrected chi connectivity index (χ1v) is 7.93. The van der Waals surface area contributed by atoms with Crippen LogP contribution in [0.4, 0.5) is 0 Å². The van der Waals surface area contributed by atoms with Gasteiger partial charge in [0.1, 0.15) is 0 Å². The van der Waals surface area contributed by atoms with Crippen LogP contribution in [0.3, 0.4) is 0 Å². The number of nitrogens with one attached hydrogen (secondary N) is 2. The second-order valence-electron chi connectivity index (χ2n) is 6.91. The maximum Gasteiger partial charge on any atom is 0.0215 e. The van der Waals surface area contributed by atoms with Gasteiger partial charge < -0.3 is 10.6 Å². The summed E-state index contributed by atoms with van der Waals surface area (Å²) in [4.78, 5) is 0. The average Bonchev–Trinajstić information content (AvgIpc) is 2.52. The third-order valence-corrected chi connectivity index (χ3v) is 4.90. The van der Waals surface area contributed by atoms with E-state index in [1.807, 2.05) is 0 Å². The van der Waals surface area contributed by atoms with E-state index >= 15 is 0 Å². The molecule has 1 heterocycles. The van der Waals surface area contributed by atoms with Gasteiger partial charge in [-0.3, -0.25) is 0 Å². The Morgan fingerprint density at radius 2 is 1.89 bits per heavy atom. The van der Waals surface area contributed by atoms with Crippen LogP contribution in [0.1, 0.15) is 60.3 Å². The molecule has 0 aliphatic carbocycles. The summed E-state index contributed by atoms with van der Waals surface area (Å²) in [6, 6.07) is 0.634. The third kappa shape index (κ3) is 4.55. The van der Waals surface area contributed by atoms with Crippen molar-refractivity contribution >= 4 is 0 Å². The summed E-state index contributed by atoms with van der Waals surface area (Å²) in [5.74, 6) is 1.52. The first-order chi connectivity index (χ1) is 8.49. The molecule has 0 radical (unpaired) electrons. The Labute approximate surface area is 114 Å². The van der Waals surface area contributed by atoms with Crippen LogP contribution in [0.5, 0.6) is 0 Å². The predicted octanol–water partition coefficient (Wildman–Crippen LogP) is 3.43. The zero-order valence-corrected chi connectivity index (χ0v) is 13.2. The maximum absolute atomic E-state index is 3.78. The van der Waals surface area contributed by atoms with Crippen molar-refractivity contribution in [1.29, 1.82) is 0 Å². The monoisotopic (exact) mass is 254 g/mol. The highest BCUT2D eigenvalue weighted by molar-refractivity contribution is 4.90. The van der Waals surface area contributed by atoms with E-state index in [0.717, 1.165) is 31.5 Å². The van der Waals surface area contributed by atoms with E-state index in [2.05, 4.69) is 45.3 Å². The lowest BCUT2D eigenvalue weighted by atomic mass is 9.75. The van der Waals surface area contributed by atoms with E-state index in [-0.39, 0.29) is 0 Å². The maximum atomic E-state index is 3.78. The fraction of sp³-hybridized carbons (Fsp3) is 1.00. The van der Waals surface area contributed by atoms with E-state index < -0.39 is 0 Å². The molecule has 3 unspecified atom stereocenters. The molecule has 18 heavy (non-hydrogen) atoms. The van der Waals surface area contributed by atoms with Gasteiger partial charge in [0, 0.05) is 25.7 Å². The Kier molecular flexibility index (Phi) is 6.65. The standard InChI is InChI=1S/C16H34N2/c1-6-7-8-9-14(4)16(5)11-17-10-15(13(2)3)18-12-16/h13-15,17-18H,6-12H2,1-5H3. The van der Waals surface area contributed by atoms with Crippen LogP contribution in [-0.4, -0.2) is 25.7 Å². The number of hydrogen-bond acceptors (Lipinski definition) is 2. The van der Waals surface area contributed by atoms with Crippen molar-refractivity contribution in [3.05, 3.63) is 0 Å². The molecule has 2 heteroatoms. The molecule has 108 valence electrons. The van der Waals surface area contributed by atoms with Crippen molar-refractivity contribution in [3.63, 3.8) is 0 Å². The van der Waals surface area contributed by atoms with E-state index in [0.29, 0.717) is 11.5 Å². The average molecular weight is 254 g/mol. The van der Waals surface area contributed by atoms with Crippen molar-refractivity contribution in [1.82, 2.24) is 10.6 Å². The molecule has 3 atom stereocenters. The lowest BCUT2D eigenvalue weighted by Crippen LogP contribution is -2.43. The third-order valence-electron chi connectivity index (χ3n) is 4.90. The molecule has 1 aliphatic rings. The van der Waals surface area contributed by atoms with Gasteiger partial charge in [-0.05, 0) is 17.3 Å². The minimum Gasteiger partial charge on any atom is -0.315 e. The van der Waals surface area contributed by atoms with Crippen LogP contribution in [0.25, 0.3) is 0 Å². The van der Waals surface area contributed by atoms with E-state index in [9.17, 15) is 0 Å². The molecule has 1 aliphatic heterocycles. The van der Waals surface area contributed by atoms with E-state index in [4.69, 9.17) is 0 Å². The van der Waals surface area contributed by atoms with Crippen LogP contribution in [0, 0.1) is 17.3 Å². The van der Waals surface area contributed by atoms with Crippen molar-refractivity contribution < 1.29 is 0 Å². The molecule has 0 saturated carbocycles. The highest BCUT2D eigenvalue weighted by Gasteiger charge is 2.33. The molecule has 1 saturated heterocycles. The summed E-state index contributed by atoms with van der Waals surface area (Å²) in [5.41, 5.74) is 0.414. The summed E-state index contributed by atoms with van der Waals surface area (Å²) in [5, 5.41) is 7.46. The lowest BCUT2D eigenvalue weighted by Gasteiger charge is -2.35. The van der Waals surface area contributed by atoms with E-state index in [1.54, 1.807) is 0 Å². The van der Waals surface area contributed by atoms with Gasteiger partial charge in [0.25, 0.3) is 0 Å². The summed E-state index contributed by atoms with van der Waals surface area (Å²) >= 11 is 0. The van der Waals surface area contributed by atoms with Gasteiger partial charge in [-0.1, -0.05) is 60.3 Å². The molecule has 1 rings (SSSR count). The predicted molar refractivity (Wildman–Crippen MR) is 80.9 cm³/mol. The van der Waals surface area contributed by atoms with Gasteiger partial charge in [0.15, 0.2) is 0 Å². The van der Waals surface area contributed by atoms with Crippen LogP contribution < -0.4 is 10.6 Å². The fourth-order valence-corrected chi connectivity index (χ4v) is 2.88. The van der Waals surface area contributed by atoms with Crippen molar-refractivity contribution in [2.45, 2.75) is 66.3 Å². The Morgan fingerprint density at radius 3 is 2.50 bits per heavy atom. The Bertz CT molecular complexity index is 227. The lowest BCUT2D eigenvalue weighted by molar-refractivity contribution is 0.184. The smallest absolute Gasteiger partial charge is 0.0215 e. The zero-order valence-electron chi connectivity index (χ0n) is 13.2.